The molecule has 0 radical (unpaired) electrons. The topological polar surface area (TPSA) is 102 Å². The Morgan fingerprint density at radius 1 is 1.34 bits per heavy atom. The Kier molecular flexibility index (Phi) is 5.15. The second-order valence-corrected chi connectivity index (χ2v) is 8.76. The van der Waals surface area contributed by atoms with Gasteiger partial charge in [0, 0.05) is 22.7 Å². The van der Waals surface area contributed by atoms with Gasteiger partial charge in [0.25, 0.3) is 0 Å². The largest absolute Gasteiger partial charge is 0.482 e. The van der Waals surface area contributed by atoms with E-state index in [1.165, 1.54) is 19.4 Å². The molecule has 168 valence electrons. The molecule has 2 heterocycles. The average molecular weight is 444 g/mol. The fourth-order valence-electron chi connectivity index (χ4n) is 4.44. The van der Waals surface area contributed by atoms with Crippen LogP contribution in [0.15, 0.2) is 29.2 Å². The summed E-state index contributed by atoms with van der Waals surface area (Å²) >= 11 is 0. The normalized spacial score (nSPS) is 15.4. The van der Waals surface area contributed by atoms with Crippen molar-refractivity contribution in [3.63, 3.8) is 0 Å². The fourth-order valence-corrected chi connectivity index (χ4v) is 4.44. The van der Waals surface area contributed by atoms with Crippen LogP contribution in [0.3, 0.4) is 0 Å². The minimum Gasteiger partial charge on any atom is -0.482 e. The lowest BCUT2D eigenvalue weighted by Gasteiger charge is -2.37. The third-order valence-electron chi connectivity index (χ3n) is 5.88. The van der Waals surface area contributed by atoms with Gasteiger partial charge < -0.3 is 19.6 Å². The molecule has 0 saturated carbocycles. The van der Waals surface area contributed by atoms with Gasteiger partial charge in [-0.2, -0.15) is 8.78 Å². The Morgan fingerprint density at radius 3 is 2.66 bits per heavy atom. The molecule has 9 heteroatoms. The Bertz CT molecular complexity index is 1290. The number of hydrogen-bond donors (Lipinski definition) is 2. The first-order valence-electron chi connectivity index (χ1n) is 9.97. The number of H-pyrrole nitrogens is 1. The molecule has 0 bridgehead atoms. The molecule has 0 saturated heterocycles. The lowest BCUT2D eigenvalue weighted by atomic mass is 9.68. The maximum Gasteiger partial charge on any atom is 0.387 e. The van der Waals surface area contributed by atoms with E-state index in [1.807, 2.05) is 20.8 Å². The summed E-state index contributed by atoms with van der Waals surface area (Å²) in [5, 5.41) is 10.3. The van der Waals surface area contributed by atoms with Crippen molar-refractivity contribution in [2.45, 2.75) is 39.7 Å². The van der Waals surface area contributed by atoms with Crippen LogP contribution in [0.5, 0.6) is 11.6 Å². The Morgan fingerprint density at radius 2 is 2.06 bits per heavy atom. The van der Waals surface area contributed by atoms with E-state index in [1.54, 1.807) is 12.1 Å². The van der Waals surface area contributed by atoms with Crippen LogP contribution in [0.4, 0.5) is 8.78 Å². The molecule has 4 rings (SSSR count). The SMILES string of the molecule is COc1[nH]c2c(c(=O)c1C(=O)O)[C@@H](C(C)(C)C)Cc1c-2cc(OC(F)F)c2ncccc12. The highest BCUT2D eigenvalue weighted by Crippen LogP contribution is 2.49. The minimum absolute atomic E-state index is 0.128. The molecule has 2 N–H and O–H groups in total. The maximum absolute atomic E-state index is 13.4. The standard InChI is InChI=1S/C23H22F2N2O5/c1-23(2,3)13-8-11-10-6-5-7-26-17(10)14(32-22(24)25)9-12(11)18-15(13)19(28)16(21(29)30)20(27-18)31-4/h5-7,9,13,22H,8H2,1-4H3,(H,27,28)(H,29,30)/t13-/m0/s1. The number of pyridine rings is 2. The van der Waals surface area contributed by atoms with E-state index in [4.69, 9.17) is 9.47 Å². The number of benzene rings is 1. The van der Waals surface area contributed by atoms with Crippen LogP contribution >= 0.6 is 0 Å². The number of halogens is 2. The zero-order valence-electron chi connectivity index (χ0n) is 18.0. The lowest BCUT2D eigenvalue weighted by Crippen LogP contribution is -2.33. The van der Waals surface area contributed by atoms with Gasteiger partial charge in [-0.1, -0.05) is 26.8 Å². The van der Waals surface area contributed by atoms with E-state index < -0.39 is 29.0 Å². The van der Waals surface area contributed by atoms with Crippen LogP contribution < -0.4 is 14.9 Å². The molecule has 0 aliphatic heterocycles. The van der Waals surface area contributed by atoms with Crippen molar-refractivity contribution in [3.8, 4) is 22.9 Å². The van der Waals surface area contributed by atoms with Gasteiger partial charge in [-0.3, -0.25) is 9.78 Å². The number of methoxy groups -OCH3 is 1. The van der Waals surface area contributed by atoms with Gasteiger partial charge in [0.05, 0.1) is 12.8 Å². The lowest BCUT2D eigenvalue weighted by molar-refractivity contribution is -0.0489. The molecular weight excluding hydrogens is 422 g/mol. The first kappa shape index (κ1) is 21.7. The predicted octanol–water partition coefficient (Wildman–Crippen LogP) is 4.58. The highest BCUT2D eigenvalue weighted by molar-refractivity contribution is 5.96. The van der Waals surface area contributed by atoms with Crippen LogP contribution in [0.25, 0.3) is 22.2 Å². The number of carboxylic acids is 1. The van der Waals surface area contributed by atoms with Crippen LogP contribution in [0.1, 0.15) is 48.2 Å². The molecular formula is C23H22F2N2O5. The number of carbonyl (C=O) groups is 1. The number of aromatic carboxylic acids is 1. The average Bonchev–Trinajstić information content (AvgIpc) is 2.71. The Hall–Kier alpha value is -3.49. The van der Waals surface area contributed by atoms with Gasteiger partial charge in [-0.25, -0.2) is 4.79 Å². The second-order valence-electron chi connectivity index (χ2n) is 8.76. The molecule has 3 aromatic rings. The van der Waals surface area contributed by atoms with Crippen molar-refractivity contribution >= 4 is 16.9 Å². The molecule has 7 nitrogen and oxygen atoms in total. The smallest absolute Gasteiger partial charge is 0.387 e. The van der Waals surface area contributed by atoms with Crippen LogP contribution in [0.2, 0.25) is 0 Å². The molecule has 1 aromatic carbocycles. The molecule has 1 aliphatic rings. The molecule has 1 aliphatic carbocycles. The van der Waals surface area contributed by atoms with Gasteiger partial charge in [-0.15, -0.1) is 0 Å². The third-order valence-corrected chi connectivity index (χ3v) is 5.88. The summed E-state index contributed by atoms with van der Waals surface area (Å²) in [6.07, 6.45) is 1.90. The molecule has 32 heavy (non-hydrogen) atoms. The quantitative estimate of drug-likeness (QED) is 0.611. The summed E-state index contributed by atoms with van der Waals surface area (Å²) in [6.45, 7) is 2.83. The van der Waals surface area contributed by atoms with Crippen molar-refractivity contribution < 1.29 is 28.2 Å². The van der Waals surface area contributed by atoms with Gasteiger partial charge >= 0.3 is 12.6 Å². The van der Waals surface area contributed by atoms with E-state index >= 15 is 0 Å². The maximum atomic E-state index is 13.4. The number of aromatic amines is 1. The first-order chi connectivity index (χ1) is 15.0. The first-order valence-corrected chi connectivity index (χ1v) is 9.97. The predicted molar refractivity (Wildman–Crippen MR) is 114 cm³/mol. The third kappa shape index (κ3) is 3.37. The highest BCUT2D eigenvalue weighted by atomic mass is 19.3. The summed E-state index contributed by atoms with van der Waals surface area (Å²) in [6, 6.07) is 4.89. The van der Waals surface area contributed by atoms with E-state index in [0.717, 1.165) is 5.56 Å². The number of aromatic nitrogens is 2. The number of ether oxygens (including phenoxy) is 2. The number of nitrogens with zero attached hydrogens (tertiary/aromatic N) is 1. The van der Waals surface area contributed by atoms with Crippen LogP contribution in [0, 0.1) is 5.41 Å². The van der Waals surface area contributed by atoms with E-state index in [2.05, 4.69) is 9.97 Å². The number of alkyl halides is 2. The molecule has 1 atom stereocenters. The number of hydrogen-bond acceptors (Lipinski definition) is 5. The molecule has 0 fully saturated rings. The van der Waals surface area contributed by atoms with Gasteiger partial charge in [0.1, 0.15) is 5.52 Å². The van der Waals surface area contributed by atoms with E-state index in [0.29, 0.717) is 28.6 Å². The second kappa shape index (κ2) is 7.58. The number of rotatable bonds is 4. The molecule has 0 amide bonds. The minimum atomic E-state index is -3.06. The van der Waals surface area contributed by atoms with Crippen molar-refractivity contribution in [3.05, 3.63) is 51.3 Å². The molecule has 0 unspecified atom stereocenters. The van der Waals surface area contributed by atoms with Gasteiger partial charge in [0.2, 0.25) is 11.3 Å². The number of carboxylic acid groups (broad SMARTS) is 1. The summed E-state index contributed by atoms with van der Waals surface area (Å²) in [5.74, 6) is -2.09. The number of nitrogens with one attached hydrogen (secondary N) is 1. The van der Waals surface area contributed by atoms with Crippen molar-refractivity contribution in [2.24, 2.45) is 5.41 Å². The summed E-state index contributed by atoms with van der Waals surface area (Å²) < 4.78 is 36.2. The van der Waals surface area contributed by atoms with E-state index in [9.17, 15) is 23.5 Å². The van der Waals surface area contributed by atoms with Crippen molar-refractivity contribution in [1.82, 2.24) is 9.97 Å². The summed E-state index contributed by atoms with van der Waals surface area (Å²) in [7, 11) is 1.25. The van der Waals surface area contributed by atoms with Gasteiger partial charge in [-0.05, 0) is 35.4 Å². The zero-order chi connectivity index (χ0) is 23.4. The van der Waals surface area contributed by atoms with Crippen LogP contribution in [-0.2, 0) is 6.42 Å². The number of fused-ring (bicyclic) bond motifs is 5. The van der Waals surface area contributed by atoms with E-state index in [-0.39, 0.29) is 23.1 Å². The Labute approximate surface area is 182 Å². The monoisotopic (exact) mass is 444 g/mol. The summed E-state index contributed by atoms with van der Waals surface area (Å²) in [4.78, 5) is 32.4. The fraction of sp³-hybridized carbons (Fsp3) is 0.348. The zero-order valence-corrected chi connectivity index (χ0v) is 18.0. The van der Waals surface area contributed by atoms with Crippen molar-refractivity contribution in [1.29, 1.82) is 0 Å². The molecule has 0 spiro atoms. The Balaban J connectivity index is 2.15. The highest BCUT2D eigenvalue weighted by Gasteiger charge is 2.39. The van der Waals surface area contributed by atoms with Crippen molar-refractivity contribution in [2.75, 3.05) is 7.11 Å². The molecule has 2 aromatic heterocycles. The summed E-state index contributed by atoms with van der Waals surface area (Å²) in [5.41, 5.74) is 0.645. The van der Waals surface area contributed by atoms with Gasteiger partial charge in [0.15, 0.2) is 11.3 Å². The van der Waals surface area contributed by atoms with Crippen LogP contribution in [-0.4, -0.2) is 34.8 Å².